The standard InChI is InChI=1S/C37H67NO13/c1-14-25-37(10,45)30(41)20(4)27(39)18(2)16-35(8,44)32(51-34-28(40)24(38(11)12)15-19(3)47-34)21(5)29(22(6)33(43)49-25)50-26-17-36(9,46-13)31(42)23(7)48-26/h18-26,28-32,34,40-42,44-45H,14-17H2,1-13H3/t18-,19-,20+,21+,22-,23+,24+,25-,26+,28-,29+,30-,31+,32-,34+,35-,36-,37-/m1/s1/i11+1. The Morgan fingerprint density at radius 1 is 0.882 bits per heavy atom. The summed E-state index contributed by atoms with van der Waals surface area (Å²) in [6, 6.07) is -0.324. The van der Waals surface area contributed by atoms with E-state index in [1.165, 1.54) is 27.9 Å². The Morgan fingerprint density at radius 3 is 2.04 bits per heavy atom. The first kappa shape index (κ1) is 44.1. The van der Waals surface area contributed by atoms with Crippen molar-refractivity contribution in [2.75, 3.05) is 21.2 Å². The summed E-state index contributed by atoms with van der Waals surface area (Å²) in [5, 5.41) is 57.6. The molecule has 5 N–H and O–H groups in total. The molecule has 0 saturated carbocycles. The van der Waals surface area contributed by atoms with Crippen molar-refractivity contribution in [3.8, 4) is 0 Å². The number of likely N-dealkylation sites (N-methyl/N-ethyl adjacent to an activating group) is 1. The Labute approximate surface area is 304 Å². The average molecular weight is 735 g/mol. The Bertz CT molecular complexity index is 1170. The number of methoxy groups -OCH3 is 1. The Hall–Kier alpha value is -1.30. The fourth-order valence-corrected chi connectivity index (χ4v) is 8.41. The second-order valence-electron chi connectivity index (χ2n) is 16.5. The van der Waals surface area contributed by atoms with Gasteiger partial charge in [-0.05, 0) is 74.9 Å². The molecule has 0 aliphatic carbocycles. The predicted octanol–water partition coefficient (Wildman–Crippen LogP) is 1.79. The van der Waals surface area contributed by atoms with Crippen molar-refractivity contribution < 1.29 is 63.5 Å². The summed E-state index contributed by atoms with van der Waals surface area (Å²) in [5.41, 5.74) is -4.84. The van der Waals surface area contributed by atoms with Crippen molar-refractivity contribution >= 4 is 11.8 Å². The molecule has 14 heteroatoms. The van der Waals surface area contributed by atoms with Crippen LogP contribution < -0.4 is 0 Å². The highest BCUT2D eigenvalue weighted by Crippen LogP contribution is 2.40. The van der Waals surface area contributed by atoms with Gasteiger partial charge in [0.1, 0.15) is 29.7 Å². The van der Waals surface area contributed by atoms with Gasteiger partial charge in [0.05, 0.1) is 47.6 Å². The van der Waals surface area contributed by atoms with E-state index in [9.17, 15) is 35.1 Å². The molecule has 0 aromatic heterocycles. The van der Waals surface area contributed by atoms with E-state index in [-0.39, 0.29) is 31.4 Å². The Morgan fingerprint density at radius 2 is 1.49 bits per heavy atom. The fourth-order valence-electron chi connectivity index (χ4n) is 8.41. The third-order valence-corrected chi connectivity index (χ3v) is 11.8. The van der Waals surface area contributed by atoms with E-state index in [2.05, 4.69) is 0 Å². The van der Waals surface area contributed by atoms with Crippen molar-refractivity contribution in [3.05, 3.63) is 0 Å². The molecule has 0 amide bonds. The van der Waals surface area contributed by atoms with Crippen LogP contribution in [0.3, 0.4) is 0 Å². The third-order valence-electron chi connectivity index (χ3n) is 11.8. The van der Waals surface area contributed by atoms with E-state index in [1.807, 2.05) is 25.9 Å². The first-order valence-electron chi connectivity index (χ1n) is 18.5. The molecule has 3 fully saturated rings. The number of rotatable bonds is 7. The first-order valence-corrected chi connectivity index (χ1v) is 18.5. The molecule has 3 aliphatic rings. The lowest BCUT2D eigenvalue weighted by Gasteiger charge is -2.49. The number of ketones is 1. The van der Waals surface area contributed by atoms with Crippen molar-refractivity contribution in [2.24, 2.45) is 23.7 Å². The van der Waals surface area contributed by atoms with Crippen LogP contribution >= 0.6 is 0 Å². The maximum atomic E-state index is 14.1. The largest absolute Gasteiger partial charge is 0.459 e. The van der Waals surface area contributed by atoms with E-state index in [4.69, 9.17) is 28.4 Å². The van der Waals surface area contributed by atoms with Crippen LogP contribution in [0.5, 0.6) is 0 Å². The summed E-state index contributed by atoms with van der Waals surface area (Å²) >= 11 is 0. The van der Waals surface area contributed by atoms with Gasteiger partial charge < -0.3 is 58.9 Å². The lowest BCUT2D eigenvalue weighted by atomic mass is 9.74. The van der Waals surface area contributed by atoms with E-state index in [0.29, 0.717) is 6.42 Å². The molecule has 3 rings (SSSR count). The summed E-state index contributed by atoms with van der Waals surface area (Å²) in [5.74, 6) is -4.98. The summed E-state index contributed by atoms with van der Waals surface area (Å²) in [7, 11) is 5.18. The van der Waals surface area contributed by atoms with Crippen LogP contribution in [-0.2, 0) is 38.0 Å². The number of carbonyl (C=O) groups is 2. The number of esters is 1. The second kappa shape index (κ2) is 17.0. The number of ether oxygens (including phenoxy) is 6. The van der Waals surface area contributed by atoms with Crippen molar-refractivity contribution in [1.29, 1.82) is 0 Å². The maximum Gasteiger partial charge on any atom is 0.311 e. The lowest BCUT2D eigenvalue weighted by Crippen LogP contribution is -2.61. The van der Waals surface area contributed by atoms with Crippen LogP contribution in [0, 0.1) is 23.7 Å². The predicted molar refractivity (Wildman–Crippen MR) is 186 cm³/mol. The molecule has 3 aliphatic heterocycles. The van der Waals surface area contributed by atoms with Gasteiger partial charge in [0, 0.05) is 37.3 Å². The van der Waals surface area contributed by atoms with E-state index >= 15 is 0 Å². The molecule has 0 bridgehead atoms. The minimum atomic E-state index is -1.99. The monoisotopic (exact) mass is 734 g/mol. The average Bonchev–Trinajstić information content (AvgIpc) is 3.05. The summed E-state index contributed by atoms with van der Waals surface area (Å²) in [6.07, 6.45) is -9.71. The van der Waals surface area contributed by atoms with Crippen LogP contribution in [-0.4, -0.2) is 148 Å². The zero-order valence-electron chi connectivity index (χ0n) is 32.9. The summed E-state index contributed by atoms with van der Waals surface area (Å²) < 4.78 is 37.1. The lowest BCUT2D eigenvalue weighted by molar-refractivity contribution is -0.318. The van der Waals surface area contributed by atoms with Crippen molar-refractivity contribution in [1.82, 2.24) is 4.90 Å². The van der Waals surface area contributed by atoms with Crippen LogP contribution in [0.4, 0.5) is 0 Å². The number of cyclic esters (lactones) is 1. The molecule has 0 unspecified atom stereocenters. The number of hydrogen-bond donors (Lipinski definition) is 5. The molecule has 14 nitrogen and oxygen atoms in total. The molecule has 0 spiro atoms. The number of nitrogens with zero attached hydrogens (tertiary/aromatic N) is 1. The summed E-state index contributed by atoms with van der Waals surface area (Å²) in [4.78, 5) is 29.8. The minimum Gasteiger partial charge on any atom is -0.459 e. The number of Topliss-reactive ketones (excluding diaryl/α,β-unsaturated/α-hetero) is 1. The van der Waals surface area contributed by atoms with E-state index in [1.54, 1.807) is 41.5 Å². The van der Waals surface area contributed by atoms with Crippen molar-refractivity contribution in [3.63, 3.8) is 0 Å². The fraction of sp³-hybridized carbons (Fsp3) is 0.946. The van der Waals surface area contributed by atoms with Gasteiger partial charge in [-0.25, -0.2) is 0 Å². The van der Waals surface area contributed by atoms with Gasteiger partial charge in [-0.15, -0.1) is 0 Å². The van der Waals surface area contributed by atoms with Crippen LogP contribution in [0.1, 0.15) is 94.9 Å². The molecule has 3 heterocycles. The highest BCUT2D eigenvalue weighted by molar-refractivity contribution is 5.83. The van der Waals surface area contributed by atoms with Crippen LogP contribution in [0.15, 0.2) is 0 Å². The highest BCUT2D eigenvalue weighted by atomic mass is 16.7. The first-order chi connectivity index (χ1) is 23.4. The number of aliphatic hydroxyl groups is 5. The molecule has 0 radical (unpaired) electrons. The highest BCUT2D eigenvalue weighted by Gasteiger charge is 2.53. The topological polar surface area (TPSA) is 194 Å². The molecular formula is C37H67NO13. The van der Waals surface area contributed by atoms with Crippen LogP contribution in [0.25, 0.3) is 0 Å². The number of aliphatic hydroxyl groups excluding tert-OH is 3. The Balaban J connectivity index is 2.18. The minimum absolute atomic E-state index is 0.0936. The second-order valence-corrected chi connectivity index (χ2v) is 16.5. The summed E-state index contributed by atoms with van der Waals surface area (Å²) in [6.45, 7) is 16.3. The molecule has 298 valence electrons. The Kier molecular flexibility index (Phi) is 14.7. The van der Waals surface area contributed by atoms with E-state index < -0.39 is 108 Å². The number of hydrogen-bond acceptors (Lipinski definition) is 14. The van der Waals surface area contributed by atoms with Crippen LogP contribution in [0.2, 0.25) is 0 Å². The molecule has 51 heavy (non-hydrogen) atoms. The van der Waals surface area contributed by atoms with Gasteiger partial charge in [0.25, 0.3) is 0 Å². The normalized spacial score (nSPS) is 49.7. The quantitative estimate of drug-likeness (QED) is 0.188. The number of carbonyl (C=O) groups excluding carboxylic acids is 2. The SMILES string of the molecule is CC[C@H]1OC(=O)[C@H](C)[C@@H](O[C@H]2C[C@@](C)(OC)[C@@H](O)[C@H](C)O2)[C@H](C)[C@@H](O[C@@H]2O[C@H](C)C[C@H](N(C)[13CH3])[C@H]2O)[C@](C)(O)C[C@@H](C)C(=O)[C@H](C)[C@@H](O)[C@]1(C)O. The van der Waals surface area contributed by atoms with Gasteiger partial charge in [-0.1, -0.05) is 27.7 Å². The molecule has 18 atom stereocenters. The maximum absolute atomic E-state index is 14.1. The molecule has 0 aromatic carbocycles. The third kappa shape index (κ3) is 9.51. The molecule has 3 saturated heterocycles. The van der Waals surface area contributed by atoms with Gasteiger partial charge in [0.2, 0.25) is 0 Å². The molecular weight excluding hydrogens is 667 g/mol. The smallest absolute Gasteiger partial charge is 0.311 e. The zero-order valence-corrected chi connectivity index (χ0v) is 32.9. The van der Waals surface area contributed by atoms with Crippen molar-refractivity contribution in [2.45, 2.75) is 179 Å². The van der Waals surface area contributed by atoms with Gasteiger partial charge in [-0.3, -0.25) is 9.59 Å². The van der Waals surface area contributed by atoms with Gasteiger partial charge in [-0.2, -0.15) is 0 Å². The zero-order chi connectivity index (χ0) is 39.0. The van der Waals surface area contributed by atoms with Gasteiger partial charge >= 0.3 is 5.97 Å². The molecule has 0 aromatic rings. The van der Waals surface area contributed by atoms with E-state index in [0.717, 1.165) is 0 Å². The van der Waals surface area contributed by atoms with Gasteiger partial charge in [0.15, 0.2) is 12.6 Å².